The lowest BCUT2D eigenvalue weighted by Gasteiger charge is -2.34. The molecule has 1 aromatic carbocycles. The van der Waals surface area contributed by atoms with Crippen LogP contribution >= 0.6 is 0 Å². The summed E-state index contributed by atoms with van der Waals surface area (Å²) >= 11 is 0. The number of methoxy groups -OCH3 is 2. The molecule has 0 bridgehead atoms. The van der Waals surface area contributed by atoms with Crippen LogP contribution in [0.2, 0.25) is 0 Å². The molecular formula is C26H33N5O3. The number of pyridine rings is 1. The molecular weight excluding hydrogens is 430 g/mol. The topological polar surface area (TPSA) is 78.8 Å². The second-order valence-corrected chi connectivity index (χ2v) is 8.85. The number of H-pyrrole nitrogens is 1. The van der Waals surface area contributed by atoms with Gasteiger partial charge in [0, 0.05) is 79.8 Å². The van der Waals surface area contributed by atoms with Gasteiger partial charge in [0.2, 0.25) is 0 Å². The molecule has 4 aromatic rings. The van der Waals surface area contributed by atoms with E-state index in [1.807, 2.05) is 12.3 Å². The molecule has 1 fully saturated rings. The maximum Gasteiger partial charge on any atom is 0.162 e. The van der Waals surface area contributed by atoms with Crippen LogP contribution in [0.3, 0.4) is 0 Å². The lowest BCUT2D eigenvalue weighted by Crippen LogP contribution is -2.47. The number of hydrogen-bond donors (Lipinski definition) is 2. The zero-order valence-electron chi connectivity index (χ0n) is 20.0. The molecule has 0 atom stereocenters. The van der Waals surface area contributed by atoms with Gasteiger partial charge in [-0.25, -0.2) is 4.98 Å². The maximum atomic E-state index is 9.15. The van der Waals surface area contributed by atoms with Crippen LogP contribution in [0.1, 0.15) is 6.42 Å². The highest BCUT2D eigenvalue weighted by Crippen LogP contribution is 2.39. The van der Waals surface area contributed by atoms with Crippen LogP contribution in [0, 0.1) is 0 Å². The van der Waals surface area contributed by atoms with Gasteiger partial charge in [-0.1, -0.05) is 0 Å². The van der Waals surface area contributed by atoms with E-state index in [1.165, 1.54) is 0 Å². The minimum Gasteiger partial charge on any atom is -0.493 e. The molecule has 34 heavy (non-hydrogen) atoms. The molecule has 0 amide bonds. The first-order valence-electron chi connectivity index (χ1n) is 11.9. The quantitative estimate of drug-likeness (QED) is 0.397. The van der Waals surface area contributed by atoms with E-state index in [0.717, 1.165) is 96.9 Å². The Labute approximate surface area is 199 Å². The summed E-state index contributed by atoms with van der Waals surface area (Å²) in [5, 5.41) is 11.4. The van der Waals surface area contributed by atoms with E-state index >= 15 is 0 Å². The summed E-state index contributed by atoms with van der Waals surface area (Å²) in [6.45, 7) is 7.18. The van der Waals surface area contributed by atoms with Crippen molar-refractivity contribution in [3.8, 4) is 22.8 Å². The normalized spacial score (nSPS) is 15.4. The molecule has 3 aromatic heterocycles. The van der Waals surface area contributed by atoms with E-state index in [4.69, 9.17) is 14.6 Å². The minimum absolute atomic E-state index is 0.240. The van der Waals surface area contributed by atoms with Crippen molar-refractivity contribution in [2.45, 2.75) is 13.0 Å². The lowest BCUT2D eigenvalue weighted by atomic mass is 10.1. The number of nitrogens with zero attached hydrogens (tertiary/aromatic N) is 4. The maximum absolute atomic E-state index is 9.15. The highest BCUT2D eigenvalue weighted by molar-refractivity contribution is 5.99. The number of benzene rings is 1. The molecule has 0 aliphatic carbocycles. The fourth-order valence-corrected chi connectivity index (χ4v) is 4.96. The molecule has 0 unspecified atom stereocenters. The number of ether oxygens (including phenoxy) is 2. The summed E-state index contributed by atoms with van der Waals surface area (Å²) in [4.78, 5) is 12.8. The van der Waals surface area contributed by atoms with Crippen molar-refractivity contribution in [2.24, 2.45) is 0 Å². The number of aromatic nitrogens is 3. The smallest absolute Gasteiger partial charge is 0.162 e. The molecule has 1 aliphatic rings. The standard InChI is InChI=1S/C26H33N5O3/c1-33-24-16-20-21(22-15-19-5-3-6-27-26(19)28-22)18-31(23(20)17-25(24)34-2)8-4-7-29-9-11-30(12-10-29)13-14-32/h3,5-6,15-18,32H,4,7-14H2,1-2H3,(H,27,28). The fourth-order valence-electron chi connectivity index (χ4n) is 4.96. The highest BCUT2D eigenvalue weighted by Gasteiger charge is 2.18. The van der Waals surface area contributed by atoms with Crippen LogP contribution in [0.25, 0.3) is 33.2 Å². The molecule has 2 N–H and O–H groups in total. The summed E-state index contributed by atoms with van der Waals surface area (Å²) in [6.07, 6.45) is 5.10. The van der Waals surface area contributed by atoms with E-state index in [1.54, 1.807) is 14.2 Å². The SMILES string of the molecule is COc1cc2c(-c3cc4cccnc4[nH]3)cn(CCCN3CCN(CCO)CC3)c2cc1OC. The number of fused-ring (bicyclic) bond motifs is 2. The third-order valence-corrected chi connectivity index (χ3v) is 6.82. The molecule has 1 aliphatic heterocycles. The van der Waals surface area contributed by atoms with Crippen molar-refractivity contribution in [1.29, 1.82) is 0 Å². The van der Waals surface area contributed by atoms with Crippen molar-refractivity contribution in [2.75, 3.05) is 60.1 Å². The summed E-state index contributed by atoms with van der Waals surface area (Å²) in [6, 6.07) is 10.3. The van der Waals surface area contributed by atoms with Crippen molar-refractivity contribution < 1.29 is 14.6 Å². The van der Waals surface area contributed by atoms with Gasteiger partial charge in [-0.05, 0) is 37.2 Å². The molecule has 4 heterocycles. The third-order valence-electron chi connectivity index (χ3n) is 6.82. The molecule has 180 valence electrons. The van der Waals surface area contributed by atoms with E-state index in [0.29, 0.717) is 0 Å². The number of aromatic amines is 1. The van der Waals surface area contributed by atoms with Crippen LogP contribution in [0.15, 0.2) is 42.7 Å². The third kappa shape index (κ3) is 4.49. The number of β-amino-alcohol motifs (C(OH)–C–C–N with tert-alkyl or cyclic N) is 1. The average Bonchev–Trinajstić information content (AvgIpc) is 3.45. The van der Waals surface area contributed by atoms with E-state index in [2.05, 4.69) is 54.8 Å². The summed E-state index contributed by atoms with van der Waals surface area (Å²) in [5.41, 5.74) is 4.20. The Hall–Kier alpha value is -3.07. The zero-order chi connectivity index (χ0) is 23.5. The Morgan fingerprint density at radius 1 is 0.971 bits per heavy atom. The number of aryl methyl sites for hydroxylation is 1. The van der Waals surface area contributed by atoms with Crippen LogP contribution < -0.4 is 9.47 Å². The number of piperazine rings is 1. The Morgan fingerprint density at radius 2 is 1.71 bits per heavy atom. The Balaban J connectivity index is 1.41. The van der Waals surface area contributed by atoms with E-state index in [-0.39, 0.29) is 6.61 Å². The van der Waals surface area contributed by atoms with E-state index < -0.39 is 0 Å². The Morgan fingerprint density at radius 3 is 2.41 bits per heavy atom. The number of aliphatic hydroxyl groups excluding tert-OH is 1. The second-order valence-electron chi connectivity index (χ2n) is 8.85. The van der Waals surface area contributed by atoms with Crippen molar-refractivity contribution >= 4 is 21.9 Å². The molecule has 0 radical (unpaired) electrons. The van der Waals surface area contributed by atoms with Crippen molar-refractivity contribution in [1.82, 2.24) is 24.3 Å². The first-order chi connectivity index (χ1) is 16.7. The molecule has 0 saturated carbocycles. The lowest BCUT2D eigenvalue weighted by molar-refractivity contribution is 0.111. The predicted octanol–water partition coefficient (Wildman–Crippen LogP) is 3.20. The first-order valence-corrected chi connectivity index (χ1v) is 11.9. The van der Waals surface area contributed by atoms with Gasteiger partial charge in [0.25, 0.3) is 0 Å². The second kappa shape index (κ2) is 10.0. The summed E-state index contributed by atoms with van der Waals surface area (Å²) in [7, 11) is 3.35. The number of aliphatic hydroxyl groups is 1. The molecule has 1 saturated heterocycles. The van der Waals surface area contributed by atoms with Crippen molar-refractivity contribution in [3.63, 3.8) is 0 Å². The van der Waals surface area contributed by atoms with Crippen LogP contribution in [0.5, 0.6) is 11.5 Å². The van der Waals surface area contributed by atoms with Gasteiger partial charge in [-0.3, -0.25) is 4.90 Å². The Bertz CT molecular complexity index is 1220. The van der Waals surface area contributed by atoms with Gasteiger partial charge in [0.1, 0.15) is 5.65 Å². The highest BCUT2D eigenvalue weighted by atomic mass is 16.5. The molecule has 8 heteroatoms. The minimum atomic E-state index is 0.240. The van der Waals surface area contributed by atoms with Gasteiger partial charge in [0.05, 0.1) is 26.3 Å². The number of nitrogens with one attached hydrogen (secondary N) is 1. The van der Waals surface area contributed by atoms with Crippen molar-refractivity contribution in [3.05, 3.63) is 42.7 Å². The molecule has 5 rings (SSSR count). The van der Waals surface area contributed by atoms with Gasteiger partial charge in [-0.2, -0.15) is 0 Å². The Kier molecular flexibility index (Phi) is 6.71. The summed E-state index contributed by atoms with van der Waals surface area (Å²) in [5.74, 6) is 1.46. The van der Waals surface area contributed by atoms with Crippen LogP contribution in [-0.4, -0.2) is 89.5 Å². The zero-order valence-corrected chi connectivity index (χ0v) is 20.0. The predicted molar refractivity (Wildman–Crippen MR) is 135 cm³/mol. The van der Waals surface area contributed by atoms with Gasteiger partial charge >= 0.3 is 0 Å². The largest absolute Gasteiger partial charge is 0.493 e. The monoisotopic (exact) mass is 463 g/mol. The summed E-state index contributed by atoms with van der Waals surface area (Å²) < 4.78 is 13.5. The van der Waals surface area contributed by atoms with E-state index in [9.17, 15) is 0 Å². The van der Waals surface area contributed by atoms with Gasteiger partial charge in [-0.15, -0.1) is 0 Å². The fraction of sp³-hybridized carbons (Fsp3) is 0.423. The first kappa shape index (κ1) is 22.7. The molecule has 0 spiro atoms. The number of hydrogen-bond acceptors (Lipinski definition) is 6. The number of rotatable bonds is 9. The van der Waals surface area contributed by atoms with Crippen LogP contribution in [0.4, 0.5) is 0 Å². The van der Waals surface area contributed by atoms with Gasteiger partial charge < -0.3 is 29.0 Å². The van der Waals surface area contributed by atoms with Crippen LogP contribution in [-0.2, 0) is 6.54 Å². The average molecular weight is 464 g/mol. The van der Waals surface area contributed by atoms with Gasteiger partial charge in [0.15, 0.2) is 11.5 Å². The molecule has 8 nitrogen and oxygen atoms in total.